The maximum Gasteiger partial charge on any atom is 0.289 e. The van der Waals surface area contributed by atoms with E-state index in [0.717, 1.165) is 55.1 Å². The summed E-state index contributed by atoms with van der Waals surface area (Å²) in [6.07, 6.45) is 2.29. The Balaban J connectivity index is 1.53. The summed E-state index contributed by atoms with van der Waals surface area (Å²) in [5, 5.41) is 13.7. The summed E-state index contributed by atoms with van der Waals surface area (Å²) in [6, 6.07) is 5.99. The number of piperazine rings is 1. The Bertz CT molecular complexity index is 1000. The van der Waals surface area contributed by atoms with Gasteiger partial charge in [0.2, 0.25) is 0 Å². The molecule has 2 aliphatic rings. The van der Waals surface area contributed by atoms with Crippen molar-refractivity contribution in [1.82, 2.24) is 15.2 Å². The molecule has 0 unspecified atom stereocenters. The molecule has 4 rings (SSSR count). The number of nitrogens with one attached hydrogen (secondary N) is 1. The van der Waals surface area contributed by atoms with E-state index in [1.165, 1.54) is 24.3 Å². The molecular weight excluding hydrogens is 396 g/mol. The molecule has 0 atom stereocenters. The Hall–Kier alpha value is -3.13. The normalized spacial score (nSPS) is 18.1. The number of aromatic hydroxyl groups is 1. The molecule has 1 aromatic carbocycles. The van der Waals surface area contributed by atoms with Crippen molar-refractivity contribution in [3.05, 3.63) is 52.5 Å². The molecule has 2 amide bonds. The quantitative estimate of drug-likeness (QED) is 0.735. The van der Waals surface area contributed by atoms with E-state index in [-0.39, 0.29) is 17.6 Å². The molecule has 0 spiro atoms. The lowest BCUT2D eigenvalue weighted by Gasteiger charge is -2.33. The van der Waals surface area contributed by atoms with Crippen LogP contribution in [-0.2, 0) is 6.42 Å². The number of phenols is 1. The van der Waals surface area contributed by atoms with Crippen LogP contribution < -0.4 is 5.43 Å². The fourth-order valence-corrected chi connectivity index (χ4v) is 4.19. The van der Waals surface area contributed by atoms with Gasteiger partial charge in [-0.2, -0.15) is 5.10 Å². The molecule has 1 saturated heterocycles. The lowest BCUT2D eigenvalue weighted by Crippen LogP contribution is -2.48. The number of hydrogen-bond donors (Lipinski definition) is 2. The van der Waals surface area contributed by atoms with Crippen LogP contribution in [0, 0.1) is 6.92 Å². The average Bonchev–Trinajstić information content (AvgIpc) is 3.14. The second-order valence-corrected chi connectivity index (χ2v) is 7.98. The summed E-state index contributed by atoms with van der Waals surface area (Å²) in [7, 11) is 0. The number of phenolic OH excluding ortho intramolecular Hbond substituents is 1. The first-order valence-corrected chi connectivity index (χ1v) is 10.8. The van der Waals surface area contributed by atoms with E-state index in [9.17, 15) is 14.7 Å². The van der Waals surface area contributed by atoms with Gasteiger partial charge in [-0.1, -0.05) is 6.92 Å². The van der Waals surface area contributed by atoms with Crippen molar-refractivity contribution in [3.8, 4) is 5.75 Å². The number of benzene rings is 1. The van der Waals surface area contributed by atoms with Crippen LogP contribution in [0.3, 0.4) is 0 Å². The first-order valence-electron chi connectivity index (χ1n) is 10.8. The Labute approximate surface area is 181 Å². The van der Waals surface area contributed by atoms with E-state index < -0.39 is 0 Å². The summed E-state index contributed by atoms with van der Waals surface area (Å²) in [5.74, 6) is 0.814. The first-order chi connectivity index (χ1) is 15.0. The topological polar surface area (TPSA) is 98.4 Å². The van der Waals surface area contributed by atoms with Gasteiger partial charge in [-0.25, -0.2) is 5.43 Å². The smallest absolute Gasteiger partial charge is 0.289 e. The molecule has 31 heavy (non-hydrogen) atoms. The molecule has 1 aliphatic heterocycles. The van der Waals surface area contributed by atoms with Crippen molar-refractivity contribution in [2.45, 2.75) is 33.1 Å². The molecule has 164 valence electrons. The third-order valence-electron chi connectivity index (χ3n) is 6.05. The van der Waals surface area contributed by atoms with E-state index >= 15 is 0 Å². The molecule has 0 radical (unpaired) electrons. The largest absolute Gasteiger partial charge is 0.508 e. The summed E-state index contributed by atoms with van der Waals surface area (Å²) < 4.78 is 6.01. The van der Waals surface area contributed by atoms with Gasteiger partial charge in [0.05, 0.1) is 5.71 Å². The Kier molecular flexibility index (Phi) is 6.08. The minimum atomic E-state index is -0.356. The van der Waals surface area contributed by atoms with Crippen LogP contribution in [0.1, 0.15) is 57.6 Å². The lowest BCUT2D eigenvalue weighted by atomic mass is 9.93. The highest BCUT2D eigenvalue weighted by atomic mass is 16.4. The second kappa shape index (κ2) is 8.93. The number of hydrazone groups is 1. The highest BCUT2D eigenvalue weighted by Gasteiger charge is 2.31. The third kappa shape index (κ3) is 4.34. The molecule has 8 heteroatoms. The SMILES string of the molecule is CCN1CCN(C(=O)c2oc3c(c2C)/C(=N/NC(=O)c2ccc(O)cc2)CCC3)CC1. The van der Waals surface area contributed by atoms with Gasteiger partial charge in [-0.05, 0) is 50.6 Å². The van der Waals surface area contributed by atoms with Crippen molar-refractivity contribution in [2.75, 3.05) is 32.7 Å². The van der Waals surface area contributed by atoms with E-state index in [1.807, 2.05) is 11.8 Å². The number of carbonyl (C=O) groups excluding carboxylic acids is 2. The van der Waals surface area contributed by atoms with Crippen molar-refractivity contribution in [1.29, 1.82) is 0 Å². The fraction of sp³-hybridized carbons (Fsp3) is 0.435. The number of amides is 2. The highest BCUT2D eigenvalue weighted by Crippen LogP contribution is 2.30. The number of likely N-dealkylation sites (N-methyl/N-ethyl adjacent to an activating group) is 1. The van der Waals surface area contributed by atoms with Crippen LogP contribution in [0.15, 0.2) is 33.8 Å². The van der Waals surface area contributed by atoms with Crippen LogP contribution in [0.25, 0.3) is 0 Å². The second-order valence-electron chi connectivity index (χ2n) is 7.98. The Morgan fingerprint density at radius 1 is 1.13 bits per heavy atom. The molecule has 0 saturated carbocycles. The molecule has 0 bridgehead atoms. The number of nitrogens with zero attached hydrogens (tertiary/aromatic N) is 3. The lowest BCUT2D eigenvalue weighted by molar-refractivity contribution is 0.0609. The standard InChI is InChI=1S/C23H28N4O4/c1-3-26-11-13-27(14-12-26)23(30)21-15(2)20-18(5-4-6-19(20)31-21)24-25-22(29)16-7-9-17(28)10-8-16/h7-10,28H,3-6,11-14H2,1-2H3,(H,25,29)/b24-18+. The number of hydrogen-bond acceptors (Lipinski definition) is 6. The maximum atomic E-state index is 13.1. The van der Waals surface area contributed by atoms with Gasteiger partial charge in [0.25, 0.3) is 11.8 Å². The zero-order chi connectivity index (χ0) is 22.0. The van der Waals surface area contributed by atoms with Crippen LogP contribution in [0.4, 0.5) is 0 Å². The van der Waals surface area contributed by atoms with Crippen molar-refractivity contribution >= 4 is 17.5 Å². The molecule has 8 nitrogen and oxygen atoms in total. The van der Waals surface area contributed by atoms with Gasteiger partial charge in [-0.3, -0.25) is 9.59 Å². The number of furan rings is 1. The Morgan fingerprint density at radius 3 is 2.52 bits per heavy atom. The van der Waals surface area contributed by atoms with Gasteiger partial charge in [0.15, 0.2) is 5.76 Å². The van der Waals surface area contributed by atoms with Crippen LogP contribution in [-0.4, -0.2) is 65.2 Å². The van der Waals surface area contributed by atoms with Crippen molar-refractivity contribution in [2.24, 2.45) is 5.10 Å². The summed E-state index contributed by atoms with van der Waals surface area (Å²) in [4.78, 5) is 29.7. The van der Waals surface area contributed by atoms with E-state index in [0.29, 0.717) is 30.8 Å². The molecular formula is C23H28N4O4. The fourth-order valence-electron chi connectivity index (χ4n) is 4.19. The third-order valence-corrected chi connectivity index (χ3v) is 6.05. The summed E-state index contributed by atoms with van der Waals surface area (Å²) in [6.45, 7) is 8.15. The van der Waals surface area contributed by atoms with E-state index in [4.69, 9.17) is 4.42 Å². The van der Waals surface area contributed by atoms with Gasteiger partial charge in [0, 0.05) is 49.3 Å². The number of aryl methyl sites for hydroxylation is 1. The molecule has 2 heterocycles. The predicted molar refractivity (Wildman–Crippen MR) is 117 cm³/mol. The summed E-state index contributed by atoms with van der Waals surface area (Å²) >= 11 is 0. The van der Waals surface area contributed by atoms with Crippen LogP contribution in [0.2, 0.25) is 0 Å². The number of rotatable bonds is 4. The highest BCUT2D eigenvalue weighted by molar-refractivity contribution is 6.07. The van der Waals surface area contributed by atoms with Crippen molar-refractivity contribution in [3.63, 3.8) is 0 Å². The van der Waals surface area contributed by atoms with Gasteiger partial charge in [0.1, 0.15) is 11.5 Å². The van der Waals surface area contributed by atoms with Crippen molar-refractivity contribution < 1.29 is 19.1 Å². The van der Waals surface area contributed by atoms with Crippen LogP contribution >= 0.6 is 0 Å². The zero-order valence-corrected chi connectivity index (χ0v) is 18.0. The van der Waals surface area contributed by atoms with Gasteiger partial charge in [-0.15, -0.1) is 0 Å². The van der Waals surface area contributed by atoms with Crippen LogP contribution in [0.5, 0.6) is 5.75 Å². The average molecular weight is 425 g/mol. The Morgan fingerprint density at radius 2 is 1.84 bits per heavy atom. The predicted octanol–water partition coefficient (Wildman–Crippen LogP) is 2.54. The molecule has 1 fully saturated rings. The van der Waals surface area contributed by atoms with E-state index in [1.54, 1.807) is 0 Å². The van der Waals surface area contributed by atoms with Gasteiger partial charge >= 0.3 is 0 Å². The van der Waals surface area contributed by atoms with Gasteiger partial charge < -0.3 is 19.3 Å². The number of carbonyl (C=O) groups is 2. The van der Waals surface area contributed by atoms with E-state index in [2.05, 4.69) is 22.4 Å². The first kappa shape index (κ1) is 21.1. The molecule has 1 aromatic heterocycles. The minimum absolute atomic E-state index is 0.0740. The number of fused-ring (bicyclic) bond motifs is 1. The molecule has 2 aromatic rings. The maximum absolute atomic E-state index is 13.1. The zero-order valence-electron chi connectivity index (χ0n) is 18.0. The summed E-state index contributed by atoms with van der Waals surface area (Å²) in [5.41, 5.74) is 5.36. The monoisotopic (exact) mass is 424 g/mol. The molecule has 2 N–H and O–H groups in total. The minimum Gasteiger partial charge on any atom is -0.508 e. The molecule has 1 aliphatic carbocycles.